The molecule has 2 saturated heterocycles. The zero-order chi connectivity index (χ0) is 28.1. The second-order valence-corrected chi connectivity index (χ2v) is 13.3. The van der Waals surface area contributed by atoms with Crippen molar-refractivity contribution in [3.8, 4) is 0 Å². The van der Waals surface area contributed by atoms with E-state index in [9.17, 15) is 4.79 Å². The number of fused-ring (bicyclic) bond motifs is 3. The van der Waals surface area contributed by atoms with E-state index in [2.05, 4.69) is 22.3 Å². The van der Waals surface area contributed by atoms with E-state index in [1.54, 1.807) is 11.0 Å². The molecule has 1 amide bonds. The Labute approximate surface area is 241 Å². The fourth-order valence-electron chi connectivity index (χ4n) is 7.47. The molecule has 4 fully saturated rings. The summed E-state index contributed by atoms with van der Waals surface area (Å²) in [6.07, 6.45) is 7.69. The fraction of sp³-hybridized carbons (Fsp3) is 0.759. The number of halogens is 1. The monoisotopic (exact) mass is 575 g/mol. The summed E-state index contributed by atoms with van der Waals surface area (Å²) in [5.74, 6) is 1.33. The van der Waals surface area contributed by atoms with Crippen molar-refractivity contribution in [2.75, 3.05) is 37.7 Å². The summed E-state index contributed by atoms with van der Waals surface area (Å²) in [7, 11) is 0. The highest BCUT2D eigenvalue weighted by Gasteiger charge is 2.63. The molecule has 4 heterocycles. The highest BCUT2D eigenvalue weighted by atomic mass is 35.5. The van der Waals surface area contributed by atoms with Gasteiger partial charge in [-0.1, -0.05) is 18.0 Å². The minimum Gasteiger partial charge on any atom is -0.444 e. The third-order valence-electron chi connectivity index (χ3n) is 9.11. The molecule has 1 aromatic rings. The predicted molar refractivity (Wildman–Crippen MR) is 151 cm³/mol. The average molecular weight is 576 g/mol. The van der Waals surface area contributed by atoms with E-state index in [-0.39, 0.29) is 23.6 Å². The Kier molecular flexibility index (Phi) is 7.42. The maximum Gasteiger partial charge on any atom is 0.410 e. The van der Waals surface area contributed by atoms with Crippen molar-refractivity contribution in [2.24, 2.45) is 5.41 Å². The van der Waals surface area contributed by atoms with E-state index in [0.717, 1.165) is 63.7 Å². The first-order valence-corrected chi connectivity index (χ1v) is 15.2. The number of nitrogens with one attached hydrogen (secondary N) is 1. The van der Waals surface area contributed by atoms with Crippen LogP contribution in [0.4, 0.5) is 10.6 Å². The lowest BCUT2D eigenvalue weighted by Gasteiger charge is -2.54. The lowest BCUT2D eigenvalue weighted by Crippen LogP contribution is -2.62. The van der Waals surface area contributed by atoms with Gasteiger partial charge in [-0.3, -0.25) is 0 Å². The van der Waals surface area contributed by atoms with Gasteiger partial charge in [-0.25, -0.2) is 14.8 Å². The van der Waals surface area contributed by atoms with Gasteiger partial charge in [0, 0.05) is 43.6 Å². The molecule has 6 rings (SSSR count). The van der Waals surface area contributed by atoms with Gasteiger partial charge in [0.2, 0.25) is 5.82 Å². The lowest BCUT2D eigenvalue weighted by atomic mass is 9.57. The molecule has 220 valence electrons. The summed E-state index contributed by atoms with van der Waals surface area (Å²) in [4.78, 5) is 32.6. The highest BCUT2D eigenvalue weighted by Crippen LogP contribution is 2.59. The van der Waals surface area contributed by atoms with Gasteiger partial charge in [-0.15, -0.1) is 5.48 Å². The molecule has 1 N–H and O–H groups in total. The zero-order valence-electron chi connectivity index (χ0n) is 24.1. The van der Waals surface area contributed by atoms with Crippen LogP contribution >= 0.6 is 11.6 Å². The second-order valence-electron chi connectivity index (χ2n) is 12.9. The smallest absolute Gasteiger partial charge is 0.410 e. The molecule has 2 saturated carbocycles. The van der Waals surface area contributed by atoms with Crippen LogP contribution in [0.15, 0.2) is 11.6 Å². The molecular formula is C29H42ClN5O5. The van der Waals surface area contributed by atoms with Crippen LogP contribution in [0, 0.1) is 5.41 Å². The van der Waals surface area contributed by atoms with Gasteiger partial charge in [0.05, 0.1) is 19.3 Å². The number of hydrogen-bond acceptors (Lipinski definition) is 9. The van der Waals surface area contributed by atoms with Crippen LogP contribution < -0.4 is 10.4 Å². The molecule has 11 heteroatoms. The molecule has 2 aliphatic carbocycles. The van der Waals surface area contributed by atoms with Crippen LogP contribution in [-0.4, -0.2) is 77.3 Å². The van der Waals surface area contributed by atoms with E-state index >= 15 is 0 Å². The Hall–Kier alpha value is -2.14. The minimum atomic E-state index is -0.560. The molecule has 2 spiro atoms. The first kappa shape index (κ1) is 28.0. The zero-order valence-corrected chi connectivity index (χ0v) is 24.9. The van der Waals surface area contributed by atoms with Gasteiger partial charge < -0.3 is 28.8 Å². The number of nitrogens with zero attached hydrogens (tertiary/aromatic N) is 4. The van der Waals surface area contributed by atoms with Crippen LogP contribution in [0.2, 0.25) is 5.15 Å². The Morgan fingerprint density at radius 1 is 1.10 bits per heavy atom. The van der Waals surface area contributed by atoms with Gasteiger partial charge >= 0.3 is 6.09 Å². The Morgan fingerprint density at radius 2 is 1.85 bits per heavy atom. The van der Waals surface area contributed by atoms with Crippen molar-refractivity contribution in [1.29, 1.82) is 0 Å². The van der Waals surface area contributed by atoms with Crippen LogP contribution in [0.3, 0.4) is 0 Å². The van der Waals surface area contributed by atoms with Crippen LogP contribution in [0.25, 0.3) is 5.76 Å². The summed E-state index contributed by atoms with van der Waals surface area (Å²) in [6.45, 7) is 10.9. The number of hydroxylamine groups is 1. The summed E-state index contributed by atoms with van der Waals surface area (Å²) in [6, 6.07) is 1.80. The fourth-order valence-corrected chi connectivity index (χ4v) is 7.65. The molecule has 40 heavy (non-hydrogen) atoms. The Morgan fingerprint density at radius 3 is 2.62 bits per heavy atom. The van der Waals surface area contributed by atoms with E-state index < -0.39 is 11.4 Å². The van der Waals surface area contributed by atoms with Crippen LogP contribution in [0.1, 0.15) is 84.9 Å². The quantitative estimate of drug-likeness (QED) is 0.485. The second kappa shape index (κ2) is 10.6. The molecule has 1 unspecified atom stereocenters. The molecule has 1 aromatic heterocycles. The molecule has 0 radical (unpaired) electrons. The normalized spacial score (nSPS) is 30.4. The predicted octanol–water partition coefficient (Wildman–Crippen LogP) is 5.07. The van der Waals surface area contributed by atoms with Crippen LogP contribution in [0.5, 0.6) is 0 Å². The van der Waals surface area contributed by atoms with E-state index in [1.165, 1.54) is 5.57 Å². The number of rotatable bonds is 2. The van der Waals surface area contributed by atoms with Gasteiger partial charge in [0.25, 0.3) is 0 Å². The third-order valence-corrected chi connectivity index (χ3v) is 9.30. The van der Waals surface area contributed by atoms with Crippen molar-refractivity contribution in [3.05, 3.63) is 22.6 Å². The number of carbonyl (C=O) groups is 1. The Bertz CT molecular complexity index is 1160. The number of ether oxygens (including phenoxy) is 3. The van der Waals surface area contributed by atoms with Crippen LogP contribution in [-0.2, 0) is 19.0 Å². The number of anilines is 1. The molecule has 3 atom stereocenters. The molecule has 3 aliphatic heterocycles. The summed E-state index contributed by atoms with van der Waals surface area (Å²) in [5, 5.41) is 0.364. The van der Waals surface area contributed by atoms with Crippen molar-refractivity contribution in [3.63, 3.8) is 0 Å². The van der Waals surface area contributed by atoms with Crippen molar-refractivity contribution >= 4 is 29.3 Å². The maximum atomic E-state index is 12.8. The van der Waals surface area contributed by atoms with Gasteiger partial charge in [0.1, 0.15) is 16.6 Å². The molecule has 0 bridgehead atoms. The van der Waals surface area contributed by atoms with Crippen molar-refractivity contribution < 1.29 is 23.8 Å². The lowest BCUT2D eigenvalue weighted by molar-refractivity contribution is -0.271. The number of hydrogen-bond donors (Lipinski definition) is 1. The summed E-state index contributed by atoms with van der Waals surface area (Å²) < 4.78 is 18.4. The van der Waals surface area contributed by atoms with Crippen molar-refractivity contribution in [1.82, 2.24) is 20.3 Å². The number of aromatic nitrogens is 2. The topological polar surface area (TPSA) is 98.3 Å². The molecular weight excluding hydrogens is 534 g/mol. The van der Waals surface area contributed by atoms with Gasteiger partial charge in [-0.2, -0.15) is 0 Å². The SMILES string of the molecule is C[C@H]1CN(C(=O)OC(C)(C)C)CCCN1c1cc(Cl)nc(C2=C3CCC[C@@]4(CCCCC45OCCO5)C3NO2)n1. The average Bonchev–Trinajstić information content (AvgIpc) is 3.50. The van der Waals surface area contributed by atoms with E-state index in [4.69, 9.17) is 35.6 Å². The Balaban J connectivity index is 1.28. The van der Waals surface area contributed by atoms with Crippen molar-refractivity contribution in [2.45, 2.75) is 103 Å². The summed E-state index contributed by atoms with van der Waals surface area (Å²) in [5.41, 5.74) is 3.83. The largest absolute Gasteiger partial charge is 0.444 e. The first-order chi connectivity index (χ1) is 19.1. The van der Waals surface area contributed by atoms with Gasteiger partial charge in [-0.05, 0) is 71.8 Å². The molecule has 5 aliphatic rings. The van der Waals surface area contributed by atoms with E-state index in [0.29, 0.717) is 43.0 Å². The standard InChI is InChI=1S/C29H42ClN5O5/c1-19-18-34(26(36)39-27(2,3)4)13-8-14-35(19)22-17-21(30)31-25(32-22)23-20-9-7-11-28(24(20)33-40-23)10-5-6-12-29(28)37-15-16-38-29/h17,19,24,33H,5-16,18H2,1-4H3/t19-,24?,28-/m0/s1. The minimum absolute atomic E-state index is 0.0126. The molecule has 0 aromatic carbocycles. The number of carbonyl (C=O) groups excluding carboxylic acids is 1. The summed E-state index contributed by atoms with van der Waals surface area (Å²) >= 11 is 6.60. The highest BCUT2D eigenvalue weighted by molar-refractivity contribution is 6.29. The first-order valence-electron chi connectivity index (χ1n) is 14.8. The number of amides is 1. The van der Waals surface area contributed by atoms with Gasteiger partial charge in [0.15, 0.2) is 11.5 Å². The molecule has 10 nitrogen and oxygen atoms in total. The third kappa shape index (κ3) is 4.95. The van der Waals surface area contributed by atoms with E-state index in [1.807, 2.05) is 20.8 Å². The maximum absolute atomic E-state index is 12.8.